The number of aliphatic carboxylic acids is 1. The van der Waals surface area contributed by atoms with E-state index < -0.39 is 29.5 Å². The second-order valence-electron chi connectivity index (χ2n) is 7.59. The number of carboxylic acids is 1. The molecule has 6 rings (SSSR count). The molecule has 5 heterocycles. The van der Waals surface area contributed by atoms with Gasteiger partial charge in [0, 0.05) is 23.8 Å². The minimum atomic E-state index is -0.957. The summed E-state index contributed by atoms with van der Waals surface area (Å²) in [6.07, 6.45) is 4.07. The first kappa shape index (κ1) is 14.0. The number of fused-ring (bicyclic) bond motifs is 7. The number of carbonyl (C=O) groups is 2. The van der Waals surface area contributed by atoms with Gasteiger partial charge in [-0.05, 0) is 12.5 Å². The van der Waals surface area contributed by atoms with Crippen molar-refractivity contribution in [2.75, 3.05) is 11.5 Å². The van der Waals surface area contributed by atoms with Gasteiger partial charge in [0.25, 0.3) is 0 Å². The van der Waals surface area contributed by atoms with Gasteiger partial charge in [-0.15, -0.1) is 0 Å². The predicted octanol–water partition coefficient (Wildman–Crippen LogP) is 1.52. The van der Waals surface area contributed by atoms with Crippen molar-refractivity contribution in [1.29, 1.82) is 0 Å². The Hall–Kier alpha value is -2.18. The molecule has 7 atom stereocenters. The molecule has 3 fully saturated rings. The molecule has 1 spiro atoms. The lowest BCUT2D eigenvalue weighted by Gasteiger charge is -2.43. The third-order valence-corrected chi connectivity index (χ3v) is 6.66. The largest absolute Gasteiger partial charge is 0.481 e. The molecule has 1 aromatic rings. The quantitative estimate of drug-likeness (QED) is 0.785. The van der Waals surface area contributed by atoms with Gasteiger partial charge in [-0.3, -0.25) is 9.59 Å². The number of para-hydroxylation sites is 1. The fourth-order valence-electron chi connectivity index (χ4n) is 5.86. The summed E-state index contributed by atoms with van der Waals surface area (Å²) < 4.78 is 12.2. The molecular weight excluding hydrogens is 322 g/mol. The standard InChI is InChI=1S/C19H17NO5/c21-17-14-13(18(22)23)12-5-7-19(14,25-12)16-10-6-8-24-15(10)9-3-1-2-4-11(9)20(16)17/h1-5,7,10,12-16H,6,8H2,(H,22,23)/t10-,12-,13+,14+,15+,16-,19-/m1/s1. The Morgan fingerprint density at radius 1 is 1.32 bits per heavy atom. The molecule has 0 radical (unpaired) electrons. The van der Waals surface area contributed by atoms with Gasteiger partial charge in [-0.1, -0.05) is 30.4 Å². The number of carbonyl (C=O) groups excluding carboxylic acids is 1. The third kappa shape index (κ3) is 1.42. The lowest BCUT2D eigenvalue weighted by Crippen LogP contribution is -2.53. The van der Waals surface area contributed by atoms with E-state index in [1.807, 2.05) is 41.3 Å². The highest BCUT2D eigenvalue weighted by molar-refractivity contribution is 6.04. The smallest absolute Gasteiger partial charge is 0.310 e. The van der Waals surface area contributed by atoms with Crippen LogP contribution in [0.2, 0.25) is 0 Å². The van der Waals surface area contributed by atoms with Crippen LogP contribution in [-0.4, -0.2) is 41.3 Å². The summed E-state index contributed by atoms with van der Waals surface area (Å²) in [5.74, 6) is -2.42. The molecule has 2 bridgehead atoms. The monoisotopic (exact) mass is 339 g/mol. The van der Waals surface area contributed by atoms with Gasteiger partial charge in [-0.25, -0.2) is 0 Å². The number of benzene rings is 1. The molecule has 1 amide bonds. The van der Waals surface area contributed by atoms with Gasteiger partial charge < -0.3 is 19.5 Å². The second kappa shape index (κ2) is 4.31. The lowest BCUT2D eigenvalue weighted by molar-refractivity contribution is -0.146. The average molecular weight is 339 g/mol. The Labute approximate surface area is 144 Å². The van der Waals surface area contributed by atoms with Crippen LogP contribution in [0.4, 0.5) is 5.69 Å². The average Bonchev–Trinajstić information content (AvgIpc) is 3.35. The maximum absolute atomic E-state index is 13.4. The number of anilines is 1. The summed E-state index contributed by atoms with van der Waals surface area (Å²) in [7, 11) is 0. The number of rotatable bonds is 1. The summed E-state index contributed by atoms with van der Waals surface area (Å²) in [5, 5.41) is 9.70. The maximum Gasteiger partial charge on any atom is 0.310 e. The van der Waals surface area contributed by atoms with E-state index in [0.29, 0.717) is 6.61 Å². The van der Waals surface area contributed by atoms with Crippen molar-refractivity contribution in [1.82, 2.24) is 0 Å². The summed E-state index contributed by atoms with van der Waals surface area (Å²) in [6.45, 7) is 0.651. The lowest BCUT2D eigenvalue weighted by atomic mass is 9.70. The summed E-state index contributed by atoms with van der Waals surface area (Å²) in [5.41, 5.74) is 1.03. The first-order valence-corrected chi connectivity index (χ1v) is 8.77. The van der Waals surface area contributed by atoms with Crippen LogP contribution in [0.1, 0.15) is 18.1 Å². The minimum Gasteiger partial charge on any atom is -0.481 e. The highest BCUT2D eigenvalue weighted by Crippen LogP contribution is 2.62. The van der Waals surface area contributed by atoms with Crippen LogP contribution in [0.25, 0.3) is 0 Å². The Morgan fingerprint density at radius 3 is 3.00 bits per heavy atom. The zero-order valence-electron chi connectivity index (χ0n) is 13.4. The van der Waals surface area contributed by atoms with Crippen molar-refractivity contribution in [2.24, 2.45) is 17.8 Å². The molecule has 0 aromatic heterocycles. The van der Waals surface area contributed by atoms with Crippen LogP contribution in [0, 0.1) is 17.8 Å². The van der Waals surface area contributed by atoms with E-state index >= 15 is 0 Å². The fraction of sp³-hybridized carbons (Fsp3) is 0.474. The van der Waals surface area contributed by atoms with Gasteiger partial charge in [0.2, 0.25) is 5.91 Å². The topological polar surface area (TPSA) is 76.1 Å². The second-order valence-corrected chi connectivity index (χ2v) is 7.59. The van der Waals surface area contributed by atoms with Crippen LogP contribution in [-0.2, 0) is 19.1 Å². The van der Waals surface area contributed by atoms with Gasteiger partial charge in [0.05, 0.1) is 24.2 Å². The molecular formula is C19H17NO5. The SMILES string of the molecule is O=C(O)[C@@H]1[C@H]2C(=O)N3c4ccccc4[C@@H]4OCC[C@H]4[C@@H]3[C@@]23C=C[C@H]1O3. The molecule has 6 nitrogen and oxygen atoms in total. The number of amides is 1. The first-order chi connectivity index (χ1) is 12.1. The van der Waals surface area contributed by atoms with Gasteiger partial charge >= 0.3 is 5.97 Å². The molecule has 128 valence electrons. The molecule has 1 N–H and O–H groups in total. The molecule has 5 aliphatic heterocycles. The number of carboxylic acid groups (broad SMARTS) is 1. The zero-order valence-corrected chi connectivity index (χ0v) is 13.4. The van der Waals surface area contributed by atoms with E-state index in [1.54, 1.807) is 0 Å². The molecule has 1 aromatic carbocycles. The van der Waals surface area contributed by atoms with Crippen molar-refractivity contribution in [3.63, 3.8) is 0 Å². The van der Waals surface area contributed by atoms with Crippen LogP contribution < -0.4 is 4.90 Å². The molecule has 6 heteroatoms. The summed E-state index contributed by atoms with van der Waals surface area (Å²) in [4.78, 5) is 27.0. The number of nitrogens with zero attached hydrogens (tertiary/aromatic N) is 1. The predicted molar refractivity (Wildman–Crippen MR) is 85.9 cm³/mol. The highest BCUT2D eigenvalue weighted by atomic mass is 16.5. The van der Waals surface area contributed by atoms with Crippen molar-refractivity contribution in [3.05, 3.63) is 42.0 Å². The van der Waals surface area contributed by atoms with Crippen LogP contribution in [0.15, 0.2) is 36.4 Å². The van der Waals surface area contributed by atoms with Crippen LogP contribution in [0.5, 0.6) is 0 Å². The molecule has 25 heavy (non-hydrogen) atoms. The summed E-state index contributed by atoms with van der Waals surface area (Å²) in [6, 6.07) is 7.61. The fourth-order valence-corrected chi connectivity index (χ4v) is 5.86. The van der Waals surface area contributed by atoms with E-state index in [4.69, 9.17) is 9.47 Å². The van der Waals surface area contributed by atoms with Crippen LogP contribution in [0.3, 0.4) is 0 Å². The van der Waals surface area contributed by atoms with E-state index in [0.717, 1.165) is 17.7 Å². The normalized spacial score (nSPS) is 45.3. The van der Waals surface area contributed by atoms with E-state index in [9.17, 15) is 14.7 Å². The Morgan fingerprint density at radius 2 is 2.16 bits per heavy atom. The number of ether oxygens (including phenoxy) is 2. The molecule has 5 aliphatic rings. The molecule has 0 aliphatic carbocycles. The molecule has 3 saturated heterocycles. The first-order valence-electron chi connectivity index (χ1n) is 8.77. The summed E-state index contributed by atoms with van der Waals surface area (Å²) >= 11 is 0. The molecule has 0 saturated carbocycles. The van der Waals surface area contributed by atoms with Crippen molar-refractivity contribution < 1.29 is 24.2 Å². The van der Waals surface area contributed by atoms with Crippen molar-refractivity contribution >= 4 is 17.6 Å². The van der Waals surface area contributed by atoms with E-state index in [-0.39, 0.29) is 24.0 Å². The zero-order chi connectivity index (χ0) is 16.9. The van der Waals surface area contributed by atoms with Gasteiger partial charge in [-0.2, -0.15) is 0 Å². The van der Waals surface area contributed by atoms with E-state index in [1.165, 1.54) is 0 Å². The number of hydrogen-bond acceptors (Lipinski definition) is 4. The third-order valence-electron chi connectivity index (χ3n) is 6.66. The Bertz CT molecular complexity index is 850. The Balaban J connectivity index is 1.59. The minimum absolute atomic E-state index is 0.0571. The van der Waals surface area contributed by atoms with Crippen LogP contribution >= 0.6 is 0 Å². The van der Waals surface area contributed by atoms with Gasteiger partial charge in [0.15, 0.2) is 0 Å². The highest BCUT2D eigenvalue weighted by Gasteiger charge is 2.74. The van der Waals surface area contributed by atoms with Crippen molar-refractivity contribution in [2.45, 2.75) is 30.3 Å². The molecule has 0 unspecified atom stereocenters. The van der Waals surface area contributed by atoms with Crippen molar-refractivity contribution in [3.8, 4) is 0 Å². The van der Waals surface area contributed by atoms with E-state index in [2.05, 4.69) is 0 Å². The maximum atomic E-state index is 13.4. The Kier molecular flexibility index (Phi) is 2.42. The van der Waals surface area contributed by atoms with Gasteiger partial charge in [0.1, 0.15) is 11.5 Å². The number of hydrogen-bond donors (Lipinski definition) is 1.